The van der Waals surface area contributed by atoms with Crippen molar-refractivity contribution in [2.24, 2.45) is 0 Å². The first-order valence-corrected chi connectivity index (χ1v) is 6.33. The summed E-state index contributed by atoms with van der Waals surface area (Å²) in [4.78, 5) is 19.1. The third kappa shape index (κ3) is 3.50. The number of pyridine rings is 1. The fourth-order valence-electron chi connectivity index (χ4n) is 1.13. The van der Waals surface area contributed by atoms with E-state index in [1.807, 2.05) is 5.38 Å². The highest BCUT2D eigenvalue weighted by atomic mass is 79.9. The Morgan fingerprint density at radius 1 is 1.53 bits per heavy atom. The van der Waals surface area contributed by atoms with E-state index in [1.54, 1.807) is 18.3 Å². The number of thiazole rings is 1. The van der Waals surface area contributed by atoms with Crippen LogP contribution < -0.4 is 10.1 Å². The van der Waals surface area contributed by atoms with Gasteiger partial charge in [-0.2, -0.15) is 4.98 Å². The molecule has 7 heteroatoms. The molecule has 0 saturated carbocycles. The first kappa shape index (κ1) is 12.0. The minimum absolute atomic E-state index is 0.242. The third-order valence-corrected chi connectivity index (χ3v) is 2.83. The molecule has 0 atom stereocenters. The van der Waals surface area contributed by atoms with Crippen LogP contribution in [0, 0.1) is 0 Å². The molecular formula is C10H8BrN3O2S. The fraction of sp³-hybridized carbons (Fsp3) is 0.100. The van der Waals surface area contributed by atoms with Crippen molar-refractivity contribution in [1.29, 1.82) is 0 Å². The molecule has 88 valence electrons. The quantitative estimate of drug-likeness (QED) is 0.883. The first-order chi connectivity index (χ1) is 8.13. The number of hydrogen-bond acceptors (Lipinski definition) is 6. The summed E-state index contributed by atoms with van der Waals surface area (Å²) in [7, 11) is 0. The average Bonchev–Trinajstić information content (AvgIpc) is 2.67. The Labute approximate surface area is 110 Å². The van der Waals surface area contributed by atoms with E-state index in [2.05, 4.69) is 31.2 Å². The molecule has 0 fully saturated rings. The highest BCUT2D eigenvalue weighted by Crippen LogP contribution is 2.24. The van der Waals surface area contributed by atoms with Crippen LogP contribution in [0.4, 0.5) is 10.9 Å². The van der Waals surface area contributed by atoms with Crippen molar-refractivity contribution in [2.45, 2.75) is 6.92 Å². The van der Waals surface area contributed by atoms with Crippen LogP contribution in [0.25, 0.3) is 0 Å². The van der Waals surface area contributed by atoms with Gasteiger partial charge in [0.1, 0.15) is 5.82 Å². The van der Waals surface area contributed by atoms with E-state index in [4.69, 9.17) is 4.74 Å². The van der Waals surface area contributed by atoms with Crippen molar-refractivity contribution in [3.8, 4) is 5.88 Å². The molecule has 2 aromatic rings. The molecule has 0 amide bonds. The van der Waals surface area contributed by atoms with Crippen LogP contribution in [0.3, 0.4) is 0 Å². The van der Waals surface area contributed by atoms with Crippen LogP contribution >= 0.6 is 27.3 Å². The van der Waals surface area contributed by atoms with Gasteiger partial charge in [0, 0.05) is 29.0 Å². The van der Waals surface area contributed by atoms with Crippen LogP contribution in [0.5, 0.6) is 5.88 Å². The normalized spacial score (nSPS) is 10.0. The van der Waals surface area contributed by atoms with Crippen LogP contribution in [0.1, 0.15) is 6.92 Å². The van der Waals surface area contributed by atoms with E-state index >= 15 is 0 Å². The Morgan fingerprint density at radius 3 is 3.00 bits per heavy atom. The molecule has 2 aromatic heterocycles. The van der Waals surface area contributed by atoms with Crippen molar-refractivity contribution in [3.05, 3.63) is 28.2 Å². The molecular weight excluding hydrogens is 306 g/mol. The highest BCUT2D eigenvalue weighted by Gasteiger charge is 2.05. The largest absolute Gasteiger partial charge is 0.408 e. The predicted octanol–water partition coefficient (Wildman–Crippen LogP) is 2.97. The molecule has 1 N–H and O–H groups in total. The molecule has 0 spiro atoms. The van der Waals surface area contributed by atoms with Gasteiger partial charge in [0.25, 0.3) is 0 Å². The summed E-state index contributed by atoms with van der Waals surface area (Å²) in [6.45, 7) is 1.33. The number of halogens is 1. The number of carbonyl (C=O) groups is 1. The zero-order valence-electron chi connectivity index (χ0n) is 8.81. The van der Waals surface area contributed by atoms with Gasteiger partial charge in [-0.25, -0.2) is 4.98 Å². The van der Waals surface area contributed by atoms with Gasteiger partial charge in [-0.05, 0) is 6.07 Å². The number of hydrogen-bond donors (Lipinski definition) is 1. The van der Waals surface area contributed by atoms with Crippen molar-refractivity contribution in [1.82, 2.24) is 9.97 Å². The molecule has 0 bridgehead atoms. The highest BCUT2D eigenvalue weighted by molar-refractivity contribution is 9.10. The minimum atomic E-state index is -0.407. The van der Waals surface area contributed by atoms with Gasteiger partial charge < -0.3 is 10.1 Å². The van der Waals surface area contributed by atoms with Crippen molar-refractivity contribution in [3.63, 3.8) is 0 Å². The number of aromatic nitrogens is 2. The SMILES string of the molecule is CC(=O)Oc1cc(Br)cc(Nc2nccs2)n1. The lowest BCUT2D eigenvalue weighted by Crippen LogP contribution is -2.04. The Bertz CT molecular complexity index is 530. The Kier molecular flexibility index (Phi) is 3.70. The van der Waals surface area contributed by atoms with Crippen LogP contribution in [0.15, 0.2) is 28.2 Å². The molecule has 0 radical (unpaired) electrons. The van der Waals surface area contributed by atoms with Crippen LogP contribution in [-0.4, -0.2) is 15.9 Å². The van der Waals surface area contributed by atoms with E-state index in [0.29, 0.717) is 5.82 Å². The summed E-state index contributed by atoms with van der Waals surface area (Å²) in [5.41, 5.74) is 0. The second-order valence-corrected chi connectivity index (χ2v) is 4.87. The van der Waals surface area contributed by atoms with Gasteiger partial charge in [0.15, 0.2) is 5.13 Å². The van der Waals surface area contributed by atoms with Gasteiger partial charge in [-0.3, -0.25) is 4.79 Å². The minimum Gasteiger partial charge on any atom is -0.408 e. The van der Waals surface area contributed by atoms with E-state index in [-0.39, 0.29) is 5.88 Å². The molecule has 2 rings (SSSR count). The smallest absolute Gasteiger partial charge is 0.309 e. The van der Waals surface area contributed by atoms with Crippen molar-refractivity contribution in [2.75, 3.05) is 5.32 Å². The number of ether oxygens (including phenoxy) is 1. The maximum atomic E-state index is 10.8. The van der Waals surface area contributed by atoms with Crippen molar-refractivity contribution < 1.29 is 9.53 Å². The number of carbonyl (C=O) groups excluding carboxylic acids is 1. The second-order valence-electron chi connectivity index (χ2n) is 3.06. The summed E-state index contributed by atoms with van der Waals surface area (Å²) in [6, 6.07) is 3.39. The lowest BCUT2D eigenvalue weighted by Gasteiger charge is -2.05. The van der Waals surface area contributed by atoms with E-state index in [0.717, 1.165) is 9.60 Å². The molecule has 0 aliphatic rings. The predicted molar refractivity (Wildman–Crippen MR) is 68.6 cm³/mol. The monoisotopic (exact) mass is 313 g/mol. The Morgan fingerprint density at radius 2 is 2.35 bits per heavy atom. The molecule has 0 saturated heterocycles. The lowest BCUT2D eigenvalue weighted by molar-refractivity contribution is -0.132. The number of nitrogens with one attached hydrogen (secondary N) is 1. The molecule has 0 aromatic carbocycles. The summed E-state index contributed by atoms with van der Waals surface area (Å²) >= 11 is 4.78. The molecule has 17 heavy (non-hydrogen) atoms. The lowest BCUT2D eigenvalue weighted by atomic mass is 10.4. The van der Waals surface area contributed by atoms with Gasteiger partial charge in [0.05, 0.1) is 0 Å². The molecule has 0 unspecified atom stereocenters. The third-order valence-electron chi connectivity index (χ3n) is 1.68. The van der Waals surface area contributed by atoms with Crippen LogP contribution in [-0.2, 0) is 4.79 Å². The Balaban J connectivity index is 2.22. The summed E-state index contributed by atoms with van der Waals surface area (Å²) < 4.78 is 5.68. The summed E-state index contributed by atoms with van der Waals surface area (Å²) in [5.74, 6) is 0.396. The maximum absolute atomic E-state index is 10.8. The summed E-state index contributed by atoms with van der Waals surface area (Å²) in [6.07, 6.45) is 1.69. The van der Waals surface area contributed by atoms with Crippen molar-refractivity contribution >= 4 is 44.2 Å². The van der Waals surface area contributed by atoms with Gasteiger partial charge in [0.2, 0.25) is 5.88 Å². The number of nitrogens with zero attached hydrogens (tertiary/aromatic N) is 2. The van der Waals surface area contributed by atoms with E-state index in [9.17, 15) is 4.79 Å². The van der Waals surface area contributed by atoms with Gasteiger partial charge in [-0.15, -0.1) is 11.3 Å². The fourth-order valence-corrected chi connectivity index (χ4v) is 2.08. The van der Waals surface area contributed by atoms with Gasteiger partial charge in [-0.1, -0.05) is 15.9 Å². The number of anilines is 2. The second kappa shape index (κ2) is 5.24. The van der Waals surface area contributed by atoms with E-state index < -0.39 is 5.97 Å². The molecule has 2 heterocycles. The first-order valence-electron chi connectivity index (χ1n) is 4.66. The van der Waals surface area contributed by atoms with E-state index in [1.165, 1.54) is 18.3 Å². The summed E-state index contributed by atoms with van der Waals surface area (Å²) in [5, 5.41) is 5.59. The maximum Gasteiger partial charge on any atom is 0.309 e. The van der Waals surface area contributed by atoms with Crippen LogP contribution in [0.2, 0.25) is 0 Å². The zero-order valence-corrected chi connectivity index (χ0v) is 11.2. The molecule has 0 aliphatic heterocycles. The molecule has 5 nitrogen and oxygen atoms in total. The Hall–Kier alpha value is -1.47. The number of rotatable bonds is 3. The number of esters is 1. The average molecular weight is 314 g/mol. The standard InChI is InChI=1S/C10H8BrN3O2S/c1-6(15)16-9-5-7(11)4-8(13-9)14-10-12-2-3-17-10/h2-5H,1H3,(H,12,13,14). The topological polar surface area (TPSA) is 64.1 Å². The van der Waals surface area contributed by atoms with Gasteiger partial charge >= 0.3 is 5.97 Å². The zero-order chi connectivity index (χ0) is 12.3. The molecule has 0 aliphatic carbocycles.